The maximum absolute atomic E-state index is 12.6. The van der Waals surface area contributed by atoms with E-state index in [1.807, 2.05) is 0 Å². The Morgan fingerprint density at radius 3 is 2.65 bits per heavy atom. The van der Waals surface area contributed by atoms with Gasteiger partial charge in [-0.25, -0.2) is 0 Å². The predicted molar refractivity (Wildman–Crippen MR) is 66.8 cm³/mol. The highest BCUT2D eigenvalue weighted by molar-refractivity contribution is 5.78. The van der Waals surface area contributed by atoms with E-state index in [1.54, 1.807) is 6.07 Å². The summed E-state index contributed by atoms with van der Waals surface area (Å²) in [5.41, 5.74) is -0.254. The van der Waals surface area contributed by atoms with E-state index in [-0.39, 0.29) is 18.4 Å². The molecule has 1 aliphatic rings. The van der Waals surface area contributed by atoms with Crippen molar-refractivity contribution in [2.75, 3.05) is 13.2 Å². The van der Waals surface area contributed by atoms with E-state index in [0.29, 0.717) is 31.6 Å². The molecule has 0 aliphatic carbocycles. The summed E-state index contributed by atoms with van der Waals surface area (Å²) in [4.78, 5) is 11.9. The number of amides is 1. The van der Waals surface area contributed by atoms with Crippen LogP contribution in [0.25, 0.3) is 0 Å². The molecule has 0 aromatic heterocycles. The lowest BCUT2D eigenvalue weighted by atomic mass is 9.99. The van der Waals surface area contributed by atoms with Gasteiger partial charge in [0.25, 0.3) is 0 Å². The SMILES string of the molecule is O=C(NCc1cccc(C(F)(F)F)c1)C1CCOCC1. The molecule has 110 valence electrons. The van der Waals surface area contributed by atoms with E-state index in [9.17, 15) is 18.0 Å². The third-order valence-corrected chi connectivity index (χ3v) is 3.31. The molecule has 0 spiro atoms. The summed E-state index contributed by atoms with van der Waals surface area (Å²) in [5.74, 6) is -0.222. The number of alkyl halides is 3. The first-order valence-corrected chi connectivity index (χ1v) is 6.48. The topological polar surface area (TPSA) is 38.3 Å². The molecule has 1 aromatic rings. The lowest BCUT2D eigenvalue weighted by molar-refractivity contribution is -0.137. The number of carbonyl (C=O) groups excluding carboxylic acids is 1. The molecule has 1 heterocycles. The Balaban J connectivity index is 1.92. The molecule has 20 heavy (non-hydrogen) atoms. The zero-order chi connectivity index (χ0) is 14.6. The molecular weight excluding hydrogens is 271 g/mol. The Kier molecular flexibility index (Phi) is 4.65. The summed E-state index contributed by atoms with van der Waals surface area (Å²) in [6.45, 7) is 1.23. The molecule has 6 heteroatoms. The van der Waals surface area contributed by atoms with Crippen LogP contribution in [-0.4, -0.2) is 19.1 Å². The fourth-order valence-corrected chi connectivity index (χ4v) is 2.15. The first-order valence-electron chi connectivity index (χ1n) is 6.48. The van der Waals surface area contributed by atoms with Crippen LogP contribution in [0.15, 0.2) is 24.3 Å². The summed E-state index contributed by atoms with van der Waals surface area (Å²) in [6.07, 6.45) is -3.04. The van der Waals surface area contributed by atoms with Gasteiger partial charge < -0.3 is 10.1 Å². The second-order valence-corrected chi connectivity index (χ2v) is 4.80. The number of nitrogens with one attached hydrogen (secondary N) is 1. The monoisotopic (exact) mass is 287 g/mol. The van der Waals surface area contributed by atoms with Crippen LogP contribution in [-0.2, 0) is 22.3 Å². The molecule has 1 saturated heterocycles. The molecule has 0 bridgehead atoms. The van der Waals surface area contributed by atoms with Crippen molar-refractivity contribution in [2.24, 2.45) is 5.92 Å². The average Bonchev–Trinajstić information content (AvgIpc) is 2.45. The average molecular weight is 287 g/mol. The van der Waals surface area contributed by atoms with Gasteiger partial charge in [-0.05, 0) is 30.5 Å². The van der Waals surface area contributed by atoms with Crippen LogP contribution in [0, 0.1) is 5.92 Å². The van der Waals surface area contributed by atoms with Gasteiger partial charge >= 0.3 is 6.18 Å². The van der Waals surface area contributed by atoms with E-state index in [1.165, 1.54) is 6.07 Å². The van der Waals surface area contributed by atoms with Gasteiger partial charge in [0, 0.05) is 25.7 Å². The minimum Gasteiger partial charge on any atom is -0.381 e. The Morgan fingerprint density at radius 1 is 1.30 bits per heavy atom. The van der Waals surface area contributed by atoms with Gasteiger partial charge in [-0.3, -0.25) is 4.79 Å². The van der Waals surface area contributed by atoms with Crippen molar-refractivity contribution in [3.05, 3.63) is 35.4 Å². The first-order chi connectivity index (χ1) is 9.47. The molecule has 1 fully saturated rings. The summed E-state index contributed by atoms with van der Waals surface area (Å²) in [5, 5.41) is 2.69. The van der Waals surface area contributed by atoms with Gasteiger partial charge in [-0.2, -0.15) is 13.2 Å². The van der Waals surface area contributed by atoms with Crippen LogP contribution in [0.2, 0.25) is 0 Å². The van der Waals surface area contributed by atoms with Gasteiger partial charge in [-0.15, -0.1) is 0 Å². The molecule has 1 aromatic carbocycles. The predicted octanol–water partition coefficient (Wildman–Crippen LogP) is 2.75. The molecule has 0 saturated carbocycles. The van der Waals surface area contributed by atoms with Crippen LogP contribution in [0.4, 0.5) is 13.2 Å². The number of hydrogen-bond donors (Lipinski definition) is 1. The van der Waals surface area contributed by atoms with Crippen molar-refractivity contribution in [2.45, 2.75) is 25.6 Å². The summed E-state index contributed by atoms with van der Waals surface area (Å²) < 4.78 is 42.8. The van der Waals surface area contributed by atoms with Crippen LogP contribution in [0.3, 0.4) is 0 Å². The normalized spacial score (nSPS) is 16.9. The van der Waals surface area contributed by atoms with Crippen molar-refractivity contribution in [1.29, 1.82) is 0 Å². The second-order valence-electron chi connectivity index (χ2n) is 4.80. The molecule has 1 amide bonds. The molecule has 2 rings (SSSR count). The second kappa shape index (κ2) is 6.26. The zero-order valence-corrected chi connectivity index (χ0v) is 10.9. The lowest BCUT2D eigenvalue weighted by Crippen LogP contribution is -2.33. The minimum absolute atomic E-state index is 0.102. The minimum atomic E-state index is -4.36. The van der Waals surface area contributed by atoms with Gasteiger partial charge in [0.05, 0.1) is 5.56 Å². The lowest BCUT2D eigenvalue weighted by Gasteiger charge is -2.21. The van der Waals surface area contributed by atoms with E-state index in [0.717, 1.165) is 12.1 Å². The Labute approximate surface area is 115 Å². The largest absolute Gasteiger partial charge is 0.416 e. The van der Waals surface area contributed by atoms with E-state index >= 15 is 0 Å². The van der Waals surface area contributed by atoms with E-state index < -0.39 is 11.7 Å². The number of halogens is 3. The molecule has 0 atom stereocenters. The highest BCUT2D eigenvalue weighted by atomic mass is 19.4. The fraction of sp³-hybridized carbons (Fsp3) is 0.500. The summed E-state index contributed by atoms with van der Waals surface area (Å²) in [6, 6.07) is 4.99. The third kappa shape index (κ3) is 3.96. The van der Waals surface area contributed by atoms with Gasteiger partial charge in [0.15, 0.2) is 0 Å². The molecule has 1 aliphatic heterocycles. The van der Waals surface area contributed by atoms with Crippen LogP contribution in [0.5, 0.6) is 0 Å². The third-order valence-electron chi connectivity index (χ3n) is 3.31. The molecule has 3 nitrogen and oxygen atoms in total. The van der Waals surface area contributed by atoms with Crippen molar-refractivity contribution in [3.8, 4) is 0 Å². The van der Waals surface area contributed by atoms with Crippen LogP contribution in [0.1, 0.15) is 24.0 Å². The van der Waals surface area contributed by atoms with Crippen molar-refractivity contribution in [1.82, 2.24) is 5.32 Å². The molecule has 1 N–H and O–H groups in total. The fourth-order valence-electron chi connectivity index (χ4n) is 2.15. The highest BCUT2D eigenvalue weighted by Crippen LogP contribution is 2.29. The number of benzene rings is 1. The Bertz CT molecular complexity index is 468. The quantitative estimate of drug-likeness (QED) is 0.928. The Morgan fingerprint density at radius 2 is 2.00 bits per heavy atom. The maximum atomic E-state index is 12.6. The Hall–Kier alpha value is -1.56. The number of ether oxygens (including phenoxy) is 1. The zero-order valence-electron chi connectivity index (χ0n) is 10.9. The van der Waals surface area contributed by atoms with Crippen molar-refractivity contribution >= 4 is 5.91 Å². The number of carbonyl (C=O) groups is 1. The summed E-state index contributed by atoms with van der Waals surface area (Å²) in [7, 11) is 0. The van der Waals surface area contributed by atoms with Crippen LogP contribution < -0.4 is 5.32 Å². The van der Waals surface area contributed by atoms with Gasteiger partial charge in [-0.1, -0.05) is 12.1 Å². The molecule has 0 radical (unpaired) electrons. The number of hydrogen-bond acceptors (Lipinski definition) is 2. The van der Waals surface area contributed by atoms with E-state index in [4.69, 9.17) is 4.74 Å². The molecular formula is C14H16F3NO2. The first kappa shape index (κ1) is 14.8. The van der Waals surface area contributed by atoms with Gasteiger partial charge in [0.1, 0.15) is 0 Å². The van der Waals surface area contributed by atoms with Crippen molar-refractivity contribution in [3.63, 3.8) is 0 Å². The number of rotatable bonds is 3. The van der Waals surface area contributed by atoms with Crippen molar-refractivity contribution < 1.29 is 22.7 Å². The highest BCUT2D eigenvalue weighted by Gasteiger charge is 2.30. The molecule has 0 unspecified atom stereocenters. The maximum Gasteiger partial charge on any atom is 0.416 e. The summed E-state index contributed by atoms with van der Waals surface area (Å²) >= 11 is 0. The van der Waals surface area contributed by atoms with E-state index in [2.05, 4.69) is 5.32 Å². The smallest absolute Gasteiger partial charge is 0.381 e. The standard InChI is InChI=1S/C14H16F3NO2/c15-14(16,17)12-3-1-2-10(8-12)9-18-13(19)11-4-6-20-7-5-11/h1-3,8,11H,4-7,9H2,(H,18,19). The van der Waals surface area contributed by atoms with Crippen LogP contribution >= 0.6 is 0 Å². The van der Waals surface area contributed by atoms with Gasteiger partial charge in [0.2, 0.25) is 5.91 Å².